The maximum absolute atomic E-state index is 12.5. The number of ether oxygens (including phenoxy) is 2. The fraction of sp³-hybridized carbons (Fsp3) is 0.261. The number of anilines is 2. The highest BCUT2D eigenvalue weighted by atomic mass is 16.6. The van der Waals surface area contributed by atoms with Gasteiger partial charge in [0, 0.05) is 17.9 Å². The van der Waals surface area contributed by atoms with Crippen molar-refractivity contribution in [2.75, 3.05) is 23.4 Å². The lowest BCUT2D eigenvalue weighted by molar-refractivity contribution is -0.121. The summed E-state index contributed by atoms with van der Waals surface area (Å²) in [5, 5.41) is 2.58. The smallest absolute Gasteiger partial charge is 0.412 e. The van der Waals surface area contributed by atoms with Gasteiger partial charge in [-0.25, -0.2) is 9.59 Å². The number of para-hydroxylation sites is 1. The average Bonchev–Trinajstić information content (AvgIpc) is 2.69. The van der Waals surface area contributed by atoms with Gasteiger partial charge in [-0.2, -0.15) is 0 Å². The number of carbonyl (C=O) groups excluding carboxylic acids is 3. The van der Waals surface area contributed by atoms with E-state index in [2.05, 4.69) is 11.9 Å². The Morgan fingerprint density at radius 1 is 1.03 bits per heavy atom. The minimum absolute atomic E-state index is 0.257. The van der Waals surface area contributed by atoms with Crippen molar-refractivity contribution in [3.8, 4) is 0 Å². The van der Waals surface area contributed by atoms with Crippen LogP contribution in [0.4, 0.5) is 16.2 Å². The van der Waals surface area contributed by atoms with E-state index in [0.29, 0.717) is 17.9 Å². The fourth-order valence-electron chi connectivity index (χ4n) is 2.49. The number of nitrogens with one attached hydrogen (secondary N) is 1. The Hall–Kier alpha value is -3.61. The molecule has 0 spiro atoms. The molecule has 7 nitrogen and oxygen atoms in total. The van der Waals surface area contributed by atoms with Crippen LogP contribution in [0.25, 0.3) is 0 Å². The molecule has 0 radical (unpaired) electrons. The van der Waals surface area contributed by atoms with Gasteiger partial charge in [0.2, 0.25) is 0 Å². The summed E-state index contributed by atoms with van der Waals surface area (Å²) in [6.45, 7) is 8.85. The first-order chi connectivity index (χ1) is 14.2. The van der Waals surface area contributed by atoms with E-state index < -0.39 is 24.3 Å². The summed E-state index contributed by atoms with van der Waals surface area (Å²) in [5.74, 6) is -1.00. The summed E-state index contributed by atoms with van der Waals surface area (Å²) in [7, 11) is 0. The summed E-state index contributed by atoms with van der Waals surface area (Å²) in [6.07, 6.45) is 1.01. The predicted octanol–water partition coefficient (Wildman–Crippen LogP) is 4.41. The zero-order chi connectivity index (χ0) is 22.1. The van der Waals surface area contributed by atoms with Gasteiger partial charge in [0.25, 0.3) is 5.91 Å². The number of hydrogen-bond donors (Lipinski definition) is 1. The van der Waals surface area contributed by atoms with E-state index in [-0.39, 0.29) is 11.5 Å². The van der Waals surface area contributed by atoms with Crippen LogP contribution < -0.4 is 10.2 Å². The van der Waals surface area contributed by atoms with Crippen LogP contribution in [0, 0.1) is 0 Å². The molecule has 0 saturated heterocycles. The highest BCUT2D eigenvalue weighted by molar-refractivity contribution is 5.97. The molecule has 0 aliphatic rings. The van der Waals surface area contributed by atoms with Crippen LogP contribution in [0.15, 0.2) is 67.3 Å². The number of hydrogen-bond acceptors (Lipinski definition) is 5. The molecule has 2 amide bonds. The van der Waals surface area contributed by atoms with Crippen LogP contribution in [-0.4, -0.2) is 36.7 Å². The lowest BCUT2D eigenvalue weighted by Crippen LogP contribution is -2.34. The first-order valence-corrected chi connectivity index (χ1v) is 9.43. The third-order valence-corrected chi connectivity index (χ3v) is 3.77. The van der Waals surface area contributed by atoms with Crippen LogP contribution in [-0.2, 0) is 14.3 Å². The zero-order valence-electron chi connectivity index (χ0n) is 17.4. The lowest BCUT2D eigenvalue weighted by atomic mass is 10.2. The quantitative estimate of drug-likeness (QED) is 0.540. The van der Waals surface area contributed by atoms with Crippen LogP contribution >= 0.6 is 0 Å². The maximum Gasteiger partial charge on any atom is 0.412 e. The van der Waals surface area contributed by atoms with Gasteiger partial charge in [0.05, 0.1) is 5.56 Å². The number of rotatable bonds is 7. The third-order valence-electron chi connectivity index (χ3n) is 3.77. The van der Waals surface area contributed by atoms with E-state index >= 15 is 0 Å². The minimum atomic E-state index is -0.640. The van der Waals surface area contributed by atoms with E-state index in [0.717, 1.165) is 0 Å². The second kappa shape index (κ2) is 10.2. The zero-order valence-corrected chi connectivity index (χ0v) is 17.4. The van der Waals surface area contributed by atoms with E-state index in [1.807, 2.05) is 18.2 Å². The van der Waals surface area contributed by atoms with Crippen molar-refractivity contribution < 1.29 is 23.9 Å². The van der Waals surface area contributed by atoms with Crippen LogP contribution in [0.1, 0.15) is 31.1 Å². The molecule has 2 aromatic rings. The second-order valence-electron chi connectivity index (χ2n) is 7.41. The Balaban J connectivity index is 1.93. The molecule has 30 heavy (non-hydrogen) atoms. The highest BCUT2D eigenvalue weighted by Crippen LogP contribution is 2.15. The van der Waals surface area contributed by atoms with Crippen molar-refractivity contribution >= 4 is 29.3 Å². The van der Waals surface area contributed by atoms with Gasteiger partial charge >= 0.3 is 12.1 Å². The second-order valence-corrected chi connectivity index (χ2v) is 7.41. The van der Waals surface area contributed by atoms with Crippen molar-refractivity contribution in [2.45, 2.75) is 26.4 Å². The Labute approximate surface area is 176 Å². The molecule has 158 valence electrons. The number of nitrogens with zero attached hydrogens (tertiary/aromatic N) is 1. The van der Waals surface area contributed by atoms with Crippen molar-refractivity contribution in [3.05, 3.63) is 72.8 Å². The van der Waals surface area contributed by atoms with E-state index in [1.165, 1.54) is 17.0 Å². The molecule has 1 N–H and O–H groups in total. The summed E-state index contributed by atoms with van der Waals surface area (Å²) < 4.78 is 10.3. The Morgan fingerprint density at radius 2 is 1.67 bits per heavy atom. The van der Waals surface area contributed by atoms with Crippen molar-refractivity contribution in [1.82, 2.24) is 0 Å². The Kier molecular flexibility index (Phi) is 7.75. The molecule has 2 rings (SSSR count). The van der Waals surface area contributed by atoms with Gasteiger partial charge in [-0.1, -0.05) is 24.3 Å². The van der Waals surface area contributed by atoms with Crippen molar-refractivity contribution in [2.24, 2.45) is 0 Å². The molecule has 0 fully saturated rings. The molecule has 0 aliphatic carbocycles. The molecule has 2 aromatic carbocycles. The minimum Gasteiger partial charge on any atom is -0.452 e. The Morgan fingerprint density at radius 3 is 2.23 bits per heavy atom. The molecule has 0 saturated carbocycles. The van der Waals surface area contributed by atoms with E-state index in [9.17, 15) is 14.4 Å². The van der Waals surface area contributed by atoms with Gasteiger partial charge in [-0.3, -0.25) is 10.1 Å². The molecule has 0 heterocycles. The summed E-state index contributed by atoms with van der Waals surface area (Å²) in [6, 6.07) is 15.2. The van der Waals surface area contributed by atoms with Gasteiger partial charge in [0.15, 0.2) is 6.61 Å². The Bertz CT molecular complexity index is 886. The molecule has 0 aromatic heterocycles. The van der Waals surface area contributed by atoms with E-state index in [1.54, 1.807) is 51.1 Å². The van der Waals surface area contributed by atoms with Crippen molar-refractivity contribution in [3.63, 3.8) is 0 Å². The SMILES string of the molecule is C=CCN(C(=O)COC(=O)c1ccc(NC(=O)OC(C)(C)C)cc1)c1ccccc1. The first kappa shape index (κ1) is 22.7. The van der Waals surface area contributed by atoms with Crippen LogP contribution in [0.3, 0.4) is 0 Å². The highest BCUT2D eigenvalue weighted by Gasteiger charge is 2.18. The number of amides is 2. The van der Waals surface area contributed by atoms with E-state index in [4.69, 9.17) is 9.47 Å². The van der Waals surface area contributed by atoms with Gasteiger partial charge in [-0.15, -0.1) is 6.58 Å². The maximum atomic E-state index is 12.5. The lowest BCUT2D eigenvalue weighted by Gasteiger charge is -2.21. The standard InChI is InChI=1S/C23H26N2O5/c1-5-15-25(19-9-7-6-8-10-19)20(26)16-29-21(27)17-11-13-18(14-12-17)24-22(28)30-23(2,3)4/h5-14H,1,15-16H2,2-4H3,(H,24,28). The van der Waals surface area contributed by atoms with Gasteiger partial charge in [0.1, 0.15) is 5.60 Å². The van der Waals surface area contributed by atoms with Gasteiger partial charge < -0.3 is 14.4 Å². The summed E-state index contributed by atoms with van der Waals surface area (Å²) in [4.78, 5) is 38.0. The molecule has 7 heteroatoms. The summed E-state index contributed by atoms with van der Waals surface area (Å²) >= 11 is 0. The molecule has 0 unspecified atom stereocenters. The van der Waals surface area contributed by atoms with Crippen LogP contribution in [0.2, 0.25) is 0 Å². The molecule has 0 aliphatic heterocycles. The molecular weight excluding hydrogens is 384 g/mol. The number of carbonyl (C=O) groups is 3. The fourth-order valence-corrected chi connectivity index (χ4v) is 2.49. The number of esters is 1. The topological polar surface area (TPSA) is 84.9 Å². The monoisotopic (exact) mass is 410 g/mol. The molecular formula is C23H26N2O5. The predicted molar refractivity (Wildman–Crippen MR) is 116 cm³/mol. The number of benzene rings is 2. The van der Waals surface area contributed by atoms with Gasteiger partial charge in [-0.05, 0) is 57.2 Å². The third kappa shape index (κ3) is 7.09. The molecule has 0 bridgehead atoms. The average molecular weight is 410 g/mol. The normalized spacial score (nSPS) is 10.6. The summed E-state index contributed by atoms with van der Waals surface area (Å²) in [5.41, 5.74) is 0.807. The van der Waals surface area contributed by atoms with Crippen molar-refractivity contribution in [1.29, 1.82) is 0 Å². The first-order valence-electron chi connectivity index (χ1n) is 9.43. The largest absolute Gasteiger partial charge is 0.452 e. The molecule has 0 atom stereocenters. The van der Waals surface area contributed by atoms with Crippen LogP contribution in [0.5, 0.6) is 0 Å².